The average molecular weight is 704 g/mol. The molecule has 2 heteroatoms. The van der Waals surface area contributed by atoms with Crippen LogP contribution in [0, 0.1) is 0 Å². The molecule has 0 bridgehead atoms. The van der Waals surface area contributed by atoms with Crippen LogP contribution in [-0.2, 0) is 0 Å². The summed E-state index contributed by atoms with van der Waals surface area (Å²) in [5.74, 6) is 0. The highest BCUT2D eigenvalue weighted by Crippen LogP contribution is 2.47. The lowest BCUT2D eigenvalue weighted by Crippen LogP contribution is -2.10. The third-order valence-electron chi connectivity index (χ3n) is 11.0. The molecule has 0 atom stereocenters. The lowest BCUT2D eigenvalue weighted by atomic mass is 9.94. The van der Waals surface area contributed by atoms with Crippen LogP contribution in [0.15, 0.2) is 200 Å². The summed E-state index contributed by atoms with van der Waals surface area (Å²) < 4.78 is 2.61. The molecule has 0 fully saturated rings. The fourth-order valence-corrected chi connectivity index (χ4v) is 9.59. The van der Waals surface area contributed by atoms with E-state index in [1.807, 2.05) is 11.3 Å². The SMILES string of the molecule is c1ccc(-c2ccc(N(c3ccc(-c4ccc5c(ccc6ccc7ccccc7c65)c4)cc3)c3cc4sc5ccccc5c4c4ccccc34)cc2)cc1. The Morgan fingerprint density at radius 2 is 0.833 bits per heavy atom. The van der Waals surface area contributed by atoms with Crippen LogP contribution >= 0.6 is 11.3 Å². The van der Waals surface area contributed by atoms with Crippen molar-refractivity contribution in [3.8, 4) is 22.3 Å². The zero-order chi connectivity index (χ0) is 35.6. The molecular formula is C52H33NS. The minimum Gasteiger partial charge on any atom is -0.310 e. The molecule has 0 amide bonds. The van der Waals surface area contributed by atoms with Crippen molar-refractivity contribution in [2.75, 3.05) is 4.90 Å². The molecule has 11 rings (SSSR count). The molecule has 0 unspecified atom stereocenters. The largest absolute Gasteiger partial charge is 0.310 e. The first kappa shape index (κ1) is 30.8. The van der Waals surface area contributed by atoms with Crippen molar-refractivity contribution in [1.29, 1.82) is 0 Å². The molecule has 11 aromatic rings. The lowest BCUT2D eigenvalue weighted by Gasteiger charge is -2.27. The number of fused-ring (bicyclic) bond motifs is 10. The molecule has 0 aliphatic heterocycles. The molecule has 1 nitrogen and oxygen atoms in total. The van der Waals surface area contributed by atoms with E-state index in [2.05, 4.69) is 205 Å². The number of benzene rings is 10. The van der Waals surface area contributed by atoms with Gasteiger partial charge in [-0.3, -0.25) is 0 Å². The Morgan fingerprint density at radius 3 is 1.59 bits per heavy atom. The maximum Gasteiger partial charge on any atom is 0.0554 e. The number of thiophene rings is 1. The first-order valence-electron chi connectivity index (χ1n) is 18.5. The van der Waals surface area contributed by atoms with Gasteiger partial charge < -0.3 is 4.90 Å². The number of anilines is 3. The standard InChI is InChI=1S/C52H33NS/c1-2-10-34(11-3-1)35-22-27-41(28-23-35)53(48-33-50-52(46-15-7-6-14-45(46)48)47-16-8-9-17-49(47)54-50)42-29-24-36(25-30-42)39-26-31-44-40(32-39)21-20-38-19-18-37-12-4-5-13-43(37)51(38)44/h1-33H. The van der Waals surface area contributed by atoms with Crippen LogP contribution in [0.25, 0.3) is 85.5 Å². The zero-order valence-corrected chi connectivity index (χ0v) is 30.2. The number of hydrogen-bond acceptors (Lipinski definition) is 2. The summed E-state index contributed by atoms with van der Waals surface area (Å²) in [5, 5.41) is 12.9. The van der Waals surface area contributed by atoms with Gasteiger partial charge in [-0.05, 0) is 102 Å². The monoisotopic (exact) mass is 703 g/mol. The van der Waals surface area contributed by atoms with Gasteiger partial charge in [0.25, 0.3) is 0 Å². The molecule has 1 aromatic heterocycles. The number of rotatable bonds is 5. The van der Waals surface area contributed by atoms with Crippen molar-refractivity contribution in [2.45, 2.75) is 0 Å². The molecule has 0 saturated heterocycles. The summed E-state index contributed by atoms with van der Waals surface area (Å²) in [6, 6.07) is 73.4. The Kier molecular flexibility index (Phi) is 7.11. The predicted octanol–water partition coefficient (Wildman–Crippen LogP) is 15.5. The quantitative estimate of drug-likeness (QED) is 0.161. The van der Waals surface area contributed by atoms with Crippen LogP contribution in [0.2, 0.25) is 0 Å². The first-order valence-corrected chi connectivity index (χ1v) is 19.3. The average Bonchev–Trinajstić information content (AvgIpc) is 3.63. The maximum absolute atomic E-state index is 2.43. The van der Waals surface area contributed by atoms with Gasteiger partial charge in [0.1, 0.15) is 0 Å². The van der Waals surface area contributed by atoms with Crippen LogP contribution in [-0.4, -0.2) is 0 Å². The summed E-state index contributed by atoms with van der Waals surface area (Å²) in [6.45, 7) is 0. The molecule has 0 spiro atoms. The van der Waals surface area contributed by atoms with Gasteiger partial charge in [0.2, 0.25) is 0 Å². The molecule has 252 valence electrons. The Balaban J connectivity index is 1.06. The van der Waals surface area contributed by atoms with Gasteiger partial charge in [-0.1, -0.05) is 158 Å². The molecule has 0 radical (unpaired) electrons. The van der Waals surface area contributed by atoms with E-state index in [1.165, 1.54) is 91.2 Å². The van der Waals surface area contributed by atoms with E-state index < -0.39 is 0 Å². The summed E-state index contributed by atoms with van der Waals surface area (Å²) in [4.78, 5) is 2.43. The van der Waals surface area contributed by atoms with Crippen LogP contribution in [0.3, 0.4) is 0 Å². The van der Waals surface area contributed by atoms with Crippen LogP contribution in [0.5, 0.6) is 0 Å². The Hall–Kier alpha value is -6.74. The number of nitrogens with zero attached hydrogens (tertiary/aromatic N) is 1. The van der Waals surface area contributed by atoms with Gasteiger partial charge in [0.15, 0.2) is 0 Å². The van der Waals surface area contributed by atoms with E-state index in [0.29, 0.717) is 0 Å². The summed E-state index contributed by atoms with van der Waals surface area (Å²) >= 11 is 1.87. The van der Waals surface area contributed by atoms with Gasteiger partial charge in [-0.2, -0.15) is 0 Å². The Bertz CT molecular complexity index is 3190. The van der Waals surface area contributed by atoms with Crippen molar-refractivity contribution in [2.24, 2.45) is 0 Å². The van der Waals surface area contributed by atoms with E-state index in [1.54, 1.807) is 0 Å². The predicted molar refractivity (Wildman–Crippen MR) is 235 cm³/mol. The van der Waals surface area contributed by atoms with E-state index in [9.17, 15) is 0 Å². The van der Waals surface area contributed by atoms with E-state index in [0.717, 1.165) is 11.4 Å². The third-order valence-corrected chi connectivity index (χ3v) is 12.1. The van der Waals surface area contributed by atoms with Gasteiger partial charge in [-0.25, -0.2) is 0 Å². The summed E-state index contributed by atoms with van der Waals surface area (Å²) in [7, 11) is 0. The fourth-order valence-electron chi connectivity index (χ4n) is 8.43. The molecule has 0 saturated carbocycles. The second-order valence-electron chi connectivity index (χ2n) is 14.1. The molecule has 0 N–H and O–H groups in total. The highest BCUT2D eigenvalue weighted by Gasteiger charge is 2.20. The van der Waals surface area contributed by atoms with Crippen molar-refractivity contribution in [3.63, 3.8) is 0 Å². The van der Waals surface area contributed by atoms with E-state index in [4.69, 9.17) is 0 Å². The van der Waals surface area contributed by atoms with Crippen LogP contribution in [0.4, 0.5) is 17.1 Å². The topological polar surface area (TPSA) is 3.24 Å². The molecule has 0 aliphatic carbocycles. The minimum absolute atomic E-state index is 1.12. The zero-order valence-electron chi connectivity index (χ0n) is 29.4. The third kappa shape index (κ3) is 4.99. The Morgan fingerprint density at radius 1 is 0.296 bits per heavy atom. The van der Waals surface area contributed by atoms with E-state index >= 15 is 0 Å². The molecule has 0 aliphatic rings. The second kappa shape index (κ2) is 12.4. The summed E-state index contributed by atoms with van der Waals surface area (Å²) in [5.41, 5.74) is 8.25. The van der Waals surface area contributed by atoms with Crippen LogP contribution in [0.1, 0.15) is 0 Å². The molecule has 10 aromatic carbocycles. The normalized spacial score (nSPS) is 11.7. The highest BCUT2D eigenvalue weighted by molar-refractivity contribution is 7.26. The van der Waals surface area contributed by atoms with Gasteiger partial charge in [0.05, 0.1) is 5.69 Å². The lowest BCUT2D eigenvalue weighted by molar-refractivity contribution is 1.30. The van der Waals surface area contributed by atoms with Crippen molar-refractivity contribution >= 4 is 91.7 Å². The first-order chi connectivity index (χ1) is 26.8. The summed E-state index contributed by atoms with van der Waals surface area (Å²) in [6.07, 6.45) is 0. The minimum atomic E-state index is 1.12. The maximum atomic E-state index is 2.43. The van der Waals surface area contributed by atoms with Crippen molar-refractivity contribution in [3.05, 3.63) is 200 Å². The van der Waals surface area contributed by atoms with Gasteiger partial charge in [-0.15, -0.1) is 11.3 Å². The van der Waals surface area contributed by atoms with Gasteiger partial charge in [0, 0.05) is 36.9 Å². The van der Waals surface area contributed by atoms with Crippen LogP contribution < -0.4 is 4.90 Å². The fraction of sp³-hybridized carbons (Fsp3) is 0. The molecule has 1 heterocycles. The van der Waals surface area contributed by atoms with E-state index in [-0.39, 0.29) is 0 Å². The van der Waals surface area contributed by atoms with Gasteiger partial charge >= 0.3 is 0 Å². The highest BCUT2D eigenvalue weighted by atomic mass is 32.1. The van der Waals surface area contributed by atoms with Crippen molar-refractivity contribution < 1.29 is 0 Å². The molecule has 54 heavy (non-hydrogen) atoms. The number of hydrogen-bond donors (Lipinski definition) is 0. The Labute approximate surface area is 317 Å². The smallest absolute Gasteiger partial charge is 0.0554 e. The second-order valence-corrected chi connectivity index (χ2v) is 15.2. The molecular weight excluding hydrogens is 671 g/mol. The van der Waals surface area contributed by atoms with Crippen molar-refractivity contribution in [1.82, 2.24) is 0 Å².